The number of benzene rings is 2. The van der Waals surface area contributed by atoms with Gasteiger partial charge in [0.15, 0.2) is 5.82 Å². The number of piperazine rings is 1. The van der Waals surface area contributed by atoms with Crippen LogP contribution in [0.1, 0.15) is 13.8 Å². The Labute approximate surface area is 170 Å². The van der Waals surface area contributed by atoms with Crippen LogP contribution in [0.2, 0.25) is 0 Å². The Morgan fingerprint density at radius 2 is 1.83 bits per heavy atom. The van der Waals surface area contributed by atoms with Gasteiger partial charge in [-0.1, -0.05) is 0 Å². The maximum atomic E-state index is 4.79. The molecule has 3 N–H and O–H groups in total. The number of likely N-dealkylation sites (N-methyl/N-ethyl adjacent to an activating group) is 1. The number of aromatic nitrogens is 4. The Balaban J connectivity index is 1.47. The van der Waals surface area contributed by atoms with Crippen molar-refractivity contribution in [3.8, 4) is 11.5 Å². The van der Waals surface area contributed by atoms with E-state index in [4.69, 9.17) is 4.98 Å². The lowest BCUT2D eigenvalue weighted by atomic mass is 10.2. The molecule has 0 bridgehead atoms. The summed E-state index contributed by atoms with van der Waals surface area (Å²) in [6.45, 7) is 8.57. The number of rotatable bonds is 4. The average molecular weight is 390 g/mol. The molecular weight excluding hydrogens is 362 g/mol. The maximum absolute atomic E-state index is 4.79. The van der Waals surface area contributed by atoms with Gasteiger partial charge in [-0.2, -0.15) is 5.10 Å². The van der Waals surface area contributed by atoms with E-state index in [9.17, 15) is 0 Å². The van der Waals surface area contributed by atoms with Crippen LogP contribution in [-0.4, -0.2) is 64.3 Å². The van der Waals surface area contributed by atoms with E-state index in [2.05, 4.69) is 87.6 Å². The lowest BCUT2D eigenvalue weighted by Crippen LogP contribution is -2.44. The molecule has 7 nitrogen and oxygen atoms in total. The van der Waals surface area contributed by atoms with Crippen molar-refractivity contribution >= 4 is 33.3 Å². The lowest BCUT2D eigenvalue weighted by molar-refractivity contribution is 0.313. The minimum Gasteiger partial charge on any atom is -0.383 e. The van der Waals surface area contributed by atoms with Crippen LogP contribution < -0.4 is 10.2 Å². The molecule has 5 rings (SSSR count). The number of hydrogen-bond donors (Lipinski definition) is 3. The minimum absolute atomic E-state index is 0.389. The van der Waals surface area contributed by atoms with Gasteiger partial charge in [-0.15, -0.1) is 0 Å². The molecule has 0 radical (unpaired) electrons. The predicted molar refractivity (Wildman–Crippen MR) is 120 cm³/mol. The fraction of sp³-hybridized carbons (Fsp3) is 0.364. The normalized spacial score (nSPS) is 15.7. The topological polar surface area (TPSA) is 75.9 Å². The van der Waals surface area contributed by atoms with Gasteiger partial charge in [0, 0.05) is 49.0 Å². The minimum atomic E-state index is 0.389. The summed E-state index contributed by atoms with van der Waals surface area (Å²) in [5.74, 6) is 0.798. The second-order valence-corrected chi connectivity index (χ2v) is 8.21. The summed E-state index contributed by atoms with van der Waals surface area (Å²) in [7, 11) is 2.18. The first-order valence-electron chi connectivity index (χ1n) is 10.2. The number of anilines is 2. The molecule has 0 amide bonds. The molecule has 1 aliphatic rings. The number of aromatic amines is 2. The number of H-pyrrole nitrogens is 2. The fourth-order valence-corrected chi connectivity index (χ4v) is 3.99. The maximum Gasteiger partial charge on any atom is 0.159 e. The Morgan fingerprint density at radius 3 is 2.62 bits per heavy atom. The van der Waals surface area contributed by atoms with Gasteiger partial charge in [0.25, 0.3) is 0 Å². The van der Waals surface area contributed by atoms with Crippen LogP contribution in [0.5, 0.6) is 0 Å². The summed E-state index contributed by atoms with van der Waals surface area (Å²) in [6, 6.07) is 13.2. The van der Waals surface area contributed by atoms with Gasteiger partial charge < -0.3 is 20.1 Å². The van der Waals surface area contributed by atoms with Crippen LogP contribution in [0.3, 0.4) is 0 Å². The highest BCUT2D eigenvalue weighted by Gasteiger charge is 2.17. The van der Waals surface area contributed by atoms with E-state index in [1.807, 2.05) is 0 Å². The smallest absolute Gasteiger partial charge is 0.159 e. The number of nitrogens with one attached hydrogen (secondary N) is 3. The Kier molecular flexibility index (Phi) is 4.39. The first kappa shape index (κ1) is 18.0. The third kappa shape index (κ3) is 3.42. The van der Waals surface area contributed by atoms with E-state index < -0.39 is 0 Å². The molecule has 0 aliphatic carbocycles. The average Bonchev–Trinajstić information content (AvgIpc) is 3.30. The van der Waals surface area contributed by atoms with Gasteiger partial charge in [0.05, 0.1) is 16.6 Å². The molecule has 7 heteroatoms. The summed E-state index contributed by atoms with van der Waals surface area (Å²) in [5, 5.41) is 12.2. The van der Waals surface area contributed by atoms with Crippen molar-refractivity contribution in [3.63, 3.8) is 0 Å². The van der Waals surface area contributed by atoms with Crippen LogP contribution in [0.4, 0.5) is 11.4 Å². The molecule has 29 heavy (non-hydrogen) atoms. The number of imidazole rings is 1. The molecule has 0 unspecified atom stereocenters. The summed E-state index contributed by atoms with van der Waals surface area (Å²) < 4.78 is 0. The molecule has 4 aromatic rings. The number of nitrogens with zero attached hydrogens (tertiary/aromatic N) is 4. The van der Waals surface area contributed by atoms with Crippen molar-refractivity contribution in [1.82, 2.24) is 25.1 Å². The first-order chi connectivity index (χ1) is 14.1. The molecule has 3 heterocycles. The molecule has 2 aromatic heterocycles. The van der Waals surface area contributed by atoms with E-state index in [0.29, 0.717) is 6.04 Å². The summed E-state index contributed by atoms with van der Waals surface area (Å²) >= 11 is 0. The Hall–Kier alpha value is -3.06. The van der Waals surface area contributed by atoms with Crippen molar-refractivity contribution < 1.29 is 0 Å². The highest BCUT2D eigenvalue weighted by molar-refractivity contribution is 5.95. The fourth-order valence-electron chi connectivity index (χ4n) is 3.99. The van der Waals surface area contributed by atoms with Crippen molar-refractivity contribution in [2.75, 3.05) is 43.4 Å². The van der Waals surface area contributed by atoms with Gasteiger partial charge in [0.1, 0.15) is 5.69 Å². The second-order valence-electron chi connectivity index (χ2n) is 8.21. The molecule has 150 valence electrons. The van der Waals surface area contributed by atoms with Crippen molar-refractivity contribution in [1.29, 1.82) is 0 Å². The molecular formula is C22H27N7. The monoisotopic (exact) mass is 389 g/mol. The van der Waals surface area contributed by atoms with E-state index in [1.165, 1.54) is 5.69 Å². The molecule has 2 aromatic carbocycles. The van der Waals surface area contributed by atoms with Gasteiger partial charge in [-0.3, -0.25) is 5.10 Å². The molecule has 1 fully saturated rings. The zero-order valence-electron chi connectivity index (χ0n) is 17.2. The predicted octanol–water partition coefficient (Wildman–Crippen LogP) is 3.68. The van der Waals surface area contributed by atoms with E-state index in [-0.39, 0.29) is 0 Å². The molecule has 0 saturated carbocycles. The quantitative estimate of drug-likeness (QED) is 0.496. The zero-order valence-corrected chi connectivity index (χ0v) is 17.2. The van der Waals surface area contributed by atoms with Gasteiger partial charge in [-0.05, 0) is 57.3 Å². The van der Waals surface area contributed by atoms with Gasteiger partial charge >= 0.3 is 0 Å². The third-order valence-corrected chi connectivity index (χ3v) is 5.58. The molecule has 1 saturated heterocycles. The standard InChI is InChI=1S/C22H27N7/c1-14(2)23-15-4-6-17-19(12-15)26-27-21(17)22-24-18-7-5-16(13-20(18)25-22)29-10-8-28(3)9-11-29/h4-7,12-14,23H,8-11H2,1-3H3,(H,24,25)(H,26,27). The summed E-state index contributed by atoms with van der Waals surface area (Å²) in [5.41, 5.74) is 6.21. The Bertz CT molecular complexity index is 1150. The van der Waals surface area contributed by atoms with E-state index in [0.717, 1.165) is 65.3 Å². The van der Waals surface area contributed by atoms with E-state index in [1.54, 1.807) is 0 Å². The Morgan fingerprint density at radius 1 is 1.00 bits per heavy atom. The van der Waals surface area contributed by atoms with Crippen LogP contribution in [0, 0.1) is 0 Å². The summed E-state index contributed by atoms with van der Waals surface area (Å²) in [6.07, 6.45) is 0. The largest absolute Gasteiger partial charge is 0.383 e. The van der Waals surface area contributed by atoms with E-state index >= 15 is 0 Å². The number of fused-ring (bicyclic) bond motifs is 2. The molecule has 0 atom stereocenters. The SMILES string of the molecule is CC(C)Nc1ccc2c(-c3nc4ccc(N5CCN(C)CC5)cc4[nH]3)n[nH]c2c1. The third-order valence-electron chi connectivity index (χ3n) is 5.58. The second kappa shape index (κ2) is 7.08. The highest BCUT2D eigenvalue weighted by atomic mass is 15.2. The zero-order chi connectivity index (χ0) is 20.0. The van der Waals surface area contributed by atoms with Gasteiger partial charge in [0.2, 0.25) is 0 Å². The highest BCUT2D eigenvalue weighted by Crippen LogP contribution is 2.29. The van der Waals surface area contributed by atoms with Crippen molar-refractivity contribution in [2.24, 2.45) is 0 Å². The van der Waals surface area contributed by atoms with Crippen LogP contribution >= 0.6 is 0 Å². The molecule has 1 aliphatic heterocycles. The van der Waals surface area contributed by atoms with Crippen LogP contribution in [0.15, 0.2) is 36.4 Å². The van der Waals surface area contributed by atoms with Gasteiger partial charge in [-0.25, -0.2) is 4.98 Å². The van der Waals surface area contributed by atoms with Crippen LogP contribution in [-0.2, 0) is 0 Å². The lowest BCUT2D eigenvalue weighted by Gasteiger charge is -2.34. The van der Waals surface area contributed by atoms with Crippen molar-refractivity contribution in [2.45, 2.75) is 19.9 Å². The first-order valence-corrected chi connectivity index (χ1v) is 10.2. The number of hydrogen-bond acceptors (Lipinski definition) is 5. The van der Waals surface area contributed by atoms with Crippen LogP contribution in [0.25, 0.3) is 33.5 Å². The molecule has 0 spiro atoms. The summed E-state index contributed by atoms with van der Waals surface area (Å²) in [4.78, 5) is 13.1. The van der Waals surface area contributed by atoms with Crippen molar-refractivity contribution in [3.05, 3.63) is 36.4 Å².